The van der Waals surface area contributed by atoms with Crippen LogP contribution in [0.1, 0.15) is 23.7 Å². The topological polar surface area (TPSA) is 74.3 Å². The molecule has 1 heterocycles. The fraction of sp³-hybridized carbons (Fsp3) is 0.353. The summed E-state index contributed by atoms with van der Waals surface area (Å²) in [6, 6.07) is 9.21. The van der Waals surface area contributed by atoms with E-state index in [0.717, 1.165) is 17.3 Å². The Balaban J connectivity index is 2.23. The van der Waals surface area contributed by atoms with Crippen molar-refractivity contribution in [3.8, 4) is 0 Å². The quantitative estimate of drug-likeness (QED) is 0.848. The average molecular weight is 314 g/mol. The summed E-state index contributed by atoms with van der Waals surface area (Å²) in [4.78, 5) is 30.5. The largest absolute Gasteiger partial charge is 0.363 e. The highest BCUT2D eigenvalue weighted by Gasteiger charge is 2.14. The van der Waals surface area contributed by atoms with E-state index in [4.69, 9.17) is 0 Å². The Morgan fingerprint density at radius 2 is 1.91 bits per heavy atom. The number of amides is 2. The summed E-state index contributed by atoms with van der Waals surface area (Å²) < 4.78 is 0. The van der Waals surface area contributed by atoms with Gasteiger partial charge in [0.2, 0.25) is 5.91 Å². The van der Waals surface area contributed by atoms with E-state index in [1.54, 1.807) is 6.07 Å². The molecule has 0 aliphatic carbocycles. The third-order valence-corrected chi connectivity index (χ3v) is 3.39. The van der Waals surface area contributed by atoms with Gasteiger partial charge in [-0.3, -0.25) is 9.59 Å². The minimum atomic E-state index is -0.279. The molecule has 2 aromatic rings. The number of rotatable bonds is 6. The molecule has 6 nitrogen and oxygen atoms in total. The first-order valence-corrected chi connectivity index (χ1v) is 7.65. The van der Waals surface area contributed by atoms with Crippen LogP contribution in [0, 0.1) is 0 Å². The monoisotopic (exact) mass is 314 g/mol. The van der Waals surface area contributed by atoms with Gasteiger partial charge in [-0.25, -0.2) is 4.98 Å². The summed E-state index contributed by atoms with van der Waals surface area (Å²) in [5.74, 6) is 0.231. The van der Waals surface area contributed by atoms with Crippen LogP contribution < -0.4 is 15.5 Å². The van der Waals surface area contributed by atoms with Crippen LogP contribution in [0.15, 0.2) is 30.3 Å². The van der Waals surface area contributed by atoms with E-state index < -0.39 is 0 Å². The number of nitrogens with one attached hydrogen (secondary N) is 2. The number of carbonyl (C=O) groups is 2. The summed E-state index contributed by atoms with van der Waals surface area (Å²) in [6.45, 7) is 2.55. The van der Waals surface area contributed by atoms with Crippen molar-refractivity contribution in [2.75, 3.05) is 32.1 Å². The third kappa shape index (κ3) is 4.18. The molecule has 0 aliphatic rings. The fourth-order valence-corrected chi connectivity index (χ4v) is 2.16. The van der Waals surface area contributed by atoms with Crippen LogP contribution in [0.5, 0.6) is 0 Å². The molecule has 2 rings (SSSR count). The minimum absolute atomic E-state index is 0.0349. The number of fused-ring (bicyclic) bond motifs is 1. The zero-order valence-electron chi connectivity index (χ0n) is 13.7. The Labute approximate surface area is 135 Å². The lowest BCUT2D eigenvalue weighted by Crippen LogP contribution is -2.37. The maximum Gasteiger partial charge on any atom is 0.252 e. The van der Waals surface area contributed by atoms with Crippen LogP contribution in [0.25, 0.3) is 10.9 Å². The Kier molecular flexibility index (Phi) is 5.51. The first kappa shape index (κ1) is 16.7. The number of carbonyl (C=O) groups excluding carboxylic acids is 2. The molecule has 0 unspecified atom stereocenters. The molecule has 0 aliphatic heterocycles. The first-order valence-electron chi connectivity index (χ1n) is 7.65. The number of para-hydroxylation sites is 1. The smallest absolute Gasteiger partial charge is 0.252 e. The highest BCUT2D eigenvalue weighted by molar-refractivity contribution is 6.07. The molecule has 0 saturated carbocycles. The van der Waals surface area contributed by atoms with E-state index in [1.165, 1.54) is 0 Å². The van der Waals surface area contributed by atoms with E-state index in [2.05, 4.69) is 15.6 Å². The van der Waals surface area contributed by atoms with Crippen molar-refractivity contribution in [3.63, 3.8) is 0 Å². The Bertz CT molecular complexity index is 713. The normalized spacial score (nSPS) is 10.4. The molecule has 2 amide bonds. The minimum Gasteiger partial charge on any atom is -0.363 e. The molecule has 0 fully saturated rings. The Hall–Kier alpha value is -2.63. The number of benzene rings is 1. The molecule has 0 radical (unpaired) electrons. The van der Waals surface area contributed by atoms with Crippen LogP contribution in [0.4, 0.5) is 5.82 Å². The van der Waals surface area contributed by atoms with Crippen molar-refractivity contribution in [2.45, 2.75) is 13.3 Å². The molecular weight excluding hydrogens is 292 g/mol. The van der Waals surface area contributed by atoms with Gasteiger partial charge in [0.15, 0.2) is 0 Å². The molecule has 1 aromatic heterocycles. The van der Waals surface area contributed by atoms with Crippen LogP contribution in [0.3, 0.4) is 0 Å². The molecule has 0 atom stereocenters. The van der Waals surface area contributed by atoms with Crippen LogP contribution in [-0.2, 0) is 4.79 Å². The zero-order chi connectivity index (χ0) is 16.8. The number of hydrogen-bond donors (Lipinski definition) is 2. The lowest BCUT2D eigenvalue weighted by atomic mass is 10.1. The maximum atomic E-state index is 12.5. The predicted molar refractivity (Wildman–Crippen MR) is 91.7 cm³/mol. The fourth-order valence-electron chi connectivity index (χ4n) is 2.16. The predicted octanol–water partition coefficient (Wildman–Crippen LogP) is 1.56. The molecule has 0 saturated heterocycles. The van der Waals surface area contributed by atoms with Gasteiger partial charge in [0.05, 0.1) is 17.6 Å². The van der Waals surface area contributed by atoms with E-state index in [1.807, 2.05) is 50.2 Å². The van der Waals surface area contributed by atoms with E-state index in [9.17, 15) is 9.59 Å². The highest BCUT2D eigenvalue weighted by atomic mass is 16.2. The number of pyridine rings is 1. The Morgan fingerprint density at radius 3 is 2.61 bits per heavy atom. The van der Waals surface area contributed by atoms with Crippen molar-refractivity contribution in [1.29, 1.82) is 0 Å². The van der Waals surface area contributed by atoms with Gasteiger partial charge in [-0.2, -0.15) is 0 Å². The molecule has 122 valence electrons. The van der Waals surface area contributed by atoms with Gasteiger partial charge in [0.25, 0.3) is 5.91 Å². The van der Waals surface area contributed by atoms with Gasteiger partial charge in [-0.15, -0.1) is 0 Å². The molecular formula is C17H22N4O2. The summed E-state index contributed by atoms with van der Waals surface area (Å²) in [6.07, 6.45) is 0.862. The molecule has 6 heteroatoms. The van der Waals surface area contributed by atoms with Crippen molar-refractivity contribution in [3.05, 3.63) is 35.9 Å². The maximum absolute atomic E-state index is 12.5. The van der Waals surface area contributed by atoms with Crippen molar-refractivity contribution in [2.24, 2.45) is 0 Å². The SMILES string of the molecule is CCCNC(=O)CNC(=O)c1cc(N(C)C)nc2ccccc12. The lowest BCUT2D eigenvalue weighted by molar-refractivity contribution is -0.120. The van der Waals surface area contributed by atoms with Gasteiger partial charge in [0, 0.05) is 26.0 Å². The van der Waals surface area contributed by atoms with Gasteiger partial charge in [-0.1, -0.05) is 25.1 Å². The zero-order valence-corrected chi connectivity index (χ0v) is 13.7. The van der Waals surface area contributed by atoms with Crippen LogP contribution in [-0.4, -0.2) is 44.0 Å². The lowest BCUT2D eigenvalue weighted by Gasteiger charge is -2.15. The molecule has 0 spiro atoms. The van der Waals surface area contributed by atoms with Crippen molar-refractivity contribution < 1.29 is 9.59 Å². The van der Waals surface area contributed by atoms with Gasteiger partial charge in [-0.05, 0) is 18.6 Å². The standard InChI is InChI=1S/C17H22N4O2/c1-4-9-18-16(22)11-19-17(23)13-10-15(21(2)3)20-14-8-6-5-7-12(13)14/h5-8,10H,4,9,11H2,1-3H3,(H,18,22)(H,19,23). The van der Waals surface area contributed by atoms with E-state index in [0.29, 0.717) is 17.9 Å². The number of hydrogen-bond acceptors (Lipinski definition) is 4. The number of aromatic nitrogens is 1. The second-order valence-electron chi connectivity index (χ2n) is 5.47. The molecule has 0 bridgehead atoms. The average Bonchev–Trinajstić information content (AvgIpc) is 2.56. The van der Waals surface area contributed by atoms with Gasteiger partial charge in [0.1, 0.15) is 5.82 Å². The molecule has 1 aromatic carbocycles. The second-order valence-corrected chi connectivity index (χ2v) is 5.47. The van der Waals surface area contributed by atoms with Gasteiger partial charge < -0.3 is 15.5 Å². The summed E-state index contributed by atoms with van der Waals surface area (Å²) in [5.41, 5.74) is 1.27. The summed E-state index contributed by atoms with van der Waals surface area (Å²) in [7, 11) is 3.74. The van der Waals surface area contributed by atoms with E-state index >= 15 is 0 Å². The van der Waals surface area contributed by atoms with Crippen LogP contribution >= 0.6 is 0 Å². The number of anilines is 1. The van der Waals surface area contributed by atoms with Crippen molar-refractivity contribution in [1.82, 2.24) is 15.6 Å². The summed E-state index contributed by atoms with van der Waals surface area (Å²) >= 11 is 0. The van der Waals surface area contributed by atoms with E-state index in [-0.39, 0.29) is 18.4 Å². The van der Waals surface area contributed by atoms with Gasteiger partial charge >= 0.3 is 0 Å². The second kappa shape index (κ2) is 7.58. The Morgan fingerprint density at radius 1 is 1.17 bits per heavy atom. The van der Waals surface area contributed by atoms with Crippen molar-refractivity contribution >= 4 is 28.5 Å². The summed E-state index contributed by atoms with van der Waals surface area (Å²) in [5, 5.41) is 6.17. The third-order valence-electron chi connectivity index (χ3n) is 3.39. The number of nitrogens with zero attached hydrogens (tertiary/aromatic N) is 2. The highest BCUT2D eigenvalue weighted by Crippen LogP contribution is 2.21. The molecule has 23 heavy (non-hydrogen) atoms. The van der Waals surface area contributed by atoms with Crippen LogP contribution in [0.2, 0.25) is 0 Å². The molecule has 2 N–H and O–H groups in total. The first-order chi connectivity index (χ1) is 11.0.